The lowest BCUT2D eigenvalue weighted by atomic mass is 10.1. The second-order valence-corrected chi connectivity index (χ2v) is 6.79. The van der Waals surface area contributed by atoms with Gasteiger partial charge in [0, 0.05) is 54.2 Å². The molecule has 2 heterocycles. The third-order valence-corrected chi connectivity index (χ3v) is 4.61. The first kappa shape index (κ1) is 21.2. The van der Waals surface area contributed by atoms with Gasteiger partial charge in [-0.1, -0.05) is 30.7 Å². The fourth-order valence-electron chi connectivity index (χ4n) is 3.04. The first-order valence-electron chi connectivity index (χ1n) is 10.2. The molecule has 154 valence electrons. The van der Waals surface area contributed by atoms with Crippen LogP contribution in [-0.2, 0) is 0 Å². The molecule has 0 spiro atoms. The maximum atomic E-state index is 6.02. The van der Waals surface area contributed by atoms with Gasteiger partial charge in [0.05, 0.1) is 6.61 Å². The summed E-state index contributed by atoms with van der Waals surface area (Å²) in [6.45, 7) is 1.45. The molecule has 0 unspecified atom stereocenters. The Morgan fingerprint density at radius 3 is 2.47 bits per heavy atom. The zero-order chi connectivity index (χ0) is 20.9. The standard InChI is InChI=1S/C24H27N5O/c25-29-23(21-10-8-15-27-18-21)19-28-13-5-1-2-6-16-30-24-12-4-3-11-22(24)20-9-7-14-26-17-20/h3-4,7-12,14-15,17-19H,1-2,5-6,13,16,25H2. The van der Waals surface area contributed by atoms with E-state index in [9.17, 15) is 0 Å². The van der Waals surface area contributed by atoms with Crippen LogP contribution in [0.15, 0.2) is 83.4 Å². The van der Waals surface area contributed by atoms with Gasteiger partial charge in [-0.15, -0.1) is 0 Å². The lowest BCUT2D eigenvalue weighted by molar-refractivity contribution is 0.306. The molecule has 0 saturated heterocycles. The summed E-state index contributed by atoms with van der Waals surface area (Å²) in [4.78, 5) is 12.7. The molecule has 0 fully saturated rings. The largest absolute Gasteiger partial charge is 0.493 e. The summed E-state index contributed by atoms with van der Waals surface area (Å²) in [6.07, 6.45) is 13.0. The molecule has 0 aliphatic rings. The molecule has 2 N–H and O–H groups in total. The van der Waals surface area contributed by atoms with E-state index in [1.165, 1.54) is 0 Å². The van der Waals surface area contributed by atoms with Crippen LogP contribution in [0.25, 0.3) is 11.1 Å². The van der Waals surface area contributed by atoms with Crippen molar-refractivity contribution >= 4 is 11.9 Å². The third kappa shape index (κ3) is 6.51. The molecule has 3 aromatic rings. The highest BCUT2D eigenvalue weighted by Gasteiger charge is 2.05. The van der Waals surface area contributed by atoms with Crippen molar-refractivity contribution in [2.75, 3.05) is 13.2 Å². The minimum absolute atomic E-state index is 0.642. The summed E-state index contributed by atoms with van der Waals surface area (Å²) in [5.41, 5.74) is 3.65. The Morgan fingerprint density at radius 1 is 0.900 bits per heavy atom. The summed E-state index contributed by atoms with van der Waals surface area (Å²) in [5, 5.41) is 3.78. The van der Waals surface area contributed by atoms with Crippen molar-refractivity contribution in [3.63, 3.8) is 0 Å². The lowest BCUT2D eigenvalue weighted by Gasteiger charge is -2.11. The predicted octanol–water partition coefficient (Wildman–Crippen LogP) is 4.52. The number of aromatic nitrogens is 2. The van der Waals surface area contributed by atoms with Crippen molar-refractivity contribution in [1.82, 2.24) is 9.97 Å². The van der Waals surface area contributed by atoms with Gasteiger partial charge in [-0.25, -0.2) is 0 Å². The van der Waals surface area contributed by atoms with Crippen molar-refractivity contribution in [3.8, 4) is 16.9 Å². The zero-order valence-corrected chi connectivity index (χ0v) is 17.0. The topological polar surface area (TPSA) is 85.8 Å². The Bertz CT molecular complexity index is 942. The smallest absolute Gasteiger partial charge is 0.127 e. The number of pyridine rings is 2. The van der Waals surface area contributed by atoms with Crippen molar-refractivity contribution in [2.45, 2.75) is 25.7 Å². The average Bonchev–Trinajstić information content (AvgIpc) is 2.82. The fourth-order valence-corrected chi connectivity index (χ4v) is 3.04. The molecular formula is C24H27N5O. The molecule has 0 aliphatic carbocycles. The second kappa shape index (κ2) is 12.1. The Labute approximate surface area is 177 Å². The zero-order valence-electron chi connectivity index (χ0n) is 17.0. The first-order valence-corrected chi connectivity index (χ1v) is 10.2. The maximum absolute atomic E-state index is 6.02. The molecule has 0 atom stereocenters. The number of hydrogen-bond acceptors (Lipinski definition) is 6. The number of nitrogens with two attached hydrogens (primary N) is 1. The predicted molar refractivity (Wildman–Crippen MR) is 122 cm³/mol. The molecular weight excluding hydrogens is 374 g/mol. The summed E-state index contributed by atoms with van der Waals surface area (Å²) >= 11 is 0. The van der Waals surface area contributed by atoms with Crippen molar-refractivity contribution in [2.24, 2.45) is 15.9 Å². The quantitative estimate of drug-likeness (QED) is 0.222. The van der Waals surface area contributed by atoms with Crippen LogP contribution in [0.3, 0.4) is 0 Å². The van der Waals surface area contributed by atoms with E-state index >= 15 is 0 Å². The highest BCUT2D eigenvalue weighted by molar-refractivity contribution is 6.38. The van der Waals surface area contributed by atoms with Gasteiger partial charge in [-0.2, -0.15) is 5.10 Å². The van der Waals surface area contributed by atoms with Gasteiger partial charge in [0.2, 0.25) is 0 Å². The number of nitrogens with zero attached hydrogens (tertiary/aromatic N) is 4. The summed E-state index contributed by atoms with van der Waals surface area (Å²) in [7, 11) is 0. The van der Waals surface area contributed by atoms with Gasteiger partial charge in [0.15, 0.2) is 0 Å². The number of hydrogen-bond donors (Lipinski definition) is 1. The van der Waals surface area contributed by atoms with Crippen molar-refractivity contribution in [3.05, 3.63) is 78.9 Å². The van der Waals surface area contributed by atoms with Gasteiger partial charge in [0.25, 0.3) is 0 Å². The van der Waals surface area contributed by atoms with Crippen LogP contribution in [0.5, 0.6) is 5.75 Å². The van der Waals surface area contributed by atoms with Crippen molar-refractivity contribution < 1.29 is 4.74 Å². The third-order valence-electron chi connectivity index (χ3n) is 4.61. The van der Waals surface area contributed by atoms with Crippen LogP contribution in [0.4, 0.5) is 0 Å². The monoisotopic (exact) mass is 401 g/mol. The van der Waals surface area contributed by atoms with Crippen LogP contribution in [0, 0.1) is 0 Å². The van der Waals surface area contributed by atoms with Crippen LogP contribution in [0.2, 0.25) is 0 Å². The highest BCUT2D eigenvalue weighted by Crippen LogP contribution is 2.29. The van der Waals surface area contributed by atoms with E-state index in [1.807, 2.05) is 48.7 Å². The van der Waals surface area contributed by atoms with Crippen molar-refractivity contribution in [1.29, 1.82) is 0 Å². The number of para-hydroxylation sites is 1. The molecule has 6 nitrogen and oxygen atoms in total. The maximum Gasteiger partial charge on any atom is 0.127 e. The van der Waals surface area contributed by atoms with E-state index in [4.69, 9.17) is 10.6 Å². The minimum Gasteiger partial charge on any atom is -0.493 e. The lowest BCUT2D eigenvalue weighted by Crippen LogP contribution is -2.06. The van der Waals surface area contributed by atoms with Crippen LogP contribution in [0.1, 0.15) is 31.2 Å². The van der Waals surface area contributed by atoms with E-state index < -0.39 is 0 Å². The number of aliphatic imine (C=N–C) groups is 1. The SMILES string of the molecule is NN=C(C=NCCCCCCOc1ccccc1-c1cccnc1)c1cccnc1. The van der Waals surface area contributed by atoms with E-state index in [0.717, 1.165) is 54.7 Å². The molecule has 0 bridgehead atoms. The average molecular weight is 402 g/mol. The number of benzene rings is 1. The number of hydrazone groups is 1. The number of ether oxygens (including phenoxy) is 1. The molecule has 0 radical (unpaired) electrons. The normalized spacial score (nSPS) is 11.7. The Balaban J connectivity index is 1.34. The van der Waals surface area contributed by atoms with Gasteiger partial charge < -0.3 is 10.6 Å². The van der Waals surface area contributed by atoms with E-state index in [0.29, 0.717) is 12.3 Å². The molecule has 2 aromatic heterocycles. The molecule has 0 amide bonds. The molecule has 0 saturated carbocycles. The van der Waals surface area contributed by atoms with E-state index in [-0.39, 0.29) is 0 Å². The Hall–Kier alpha value is -3.54. The molecule has 1 aromatic carbocycles. The summed E-state index contributed by atoms with van der Waals surface area (Å²) in [5.74, 6) is 6.35. The number of rotatable bonds is 11. The molecule has 30 heavy (non-hydrogen) atoms. The summed E-state index contributed by atoms with van der Waals surface area (Å²) in [6, 6.07) is 15.8. The minimum atomic E-state index is 0.642. The van der Waals surface area contributed by atoms with E-state index in [1.54, 1.807) is 24.8 Å². The second-order valence-electron chi connectivity index (χ2n) is 6.79. The Kier molecular flexibility index (Phi) is 8.55. The summed E-state index contributed by atoms with van der Waals surface area (Å²) < 4.78 is 6.02. The fraction of sp³-hybridized carbons (Fsp3) is 0.250. The number of unbranched alkanes of at least 4 members (excludes halogenated alkanes) is 3. The van der Waals surface area contributed by atoms with Crippen LogP contribution >= 0.6 is 0 Å². The van der Waals surface area contributed by atoms with Gasteiger partial charge >= 0.3 is 0 Å². The van der Waals surface area contributed by atoms with Gasteiger partial charge in [-0.05, 0) is 43.5 Å². The Morgan fingerprint density at radius 2 is 1.70 bits per heavy atom. The van der Waals surface area contributed by atoms with Crippen LogP contribution in [-0.4, -0.2) is 35.0 Å². The van der Waals surface area contributed by atoms with Crippen LogP contribution < -0.4 is 10.6 Å². The van der Waals surface area contributed by atoms with Gasteiger partial charge in [-0.3, -0.25) is 15.0 Å². The van der Waals surface area contributed by atoms with E-state index in [2.05, 4.69) is 26.1 Å². The molecule has 0 aliphatic heterocycles. The van der Waals surface area contributed by atoms with Gasteiger partial charge in [0.1, 0.15) is 11.5 Å². The molecule has 6 heteroatoms. The molecule has 3 rings (SSSR count). The highest BCUT2D eigenvalue weighted by atomic mass is 16.5. The first-order chi connectivity index (χ1) is 14.9.